The van der Waals surface area contributed by atoms with Gasteiger partial charge in [0.05, 0.1) is 13.8 Å². The first-order chi connectivity index (χ1) is 22.0. The van der Waals surface area contributed by atoms with Gasteiger partial charge >= 0.3 is 0 Å². The molecule has 0 saturated heterocycles. The number of rotatable bonds is 13. The molecule has 1 N–H and O–H groups in total. The molecule has 0 aliphatic carbocycles. The van der Waals surface area contributed by atoms with Crippen LogP contribution in [-0.2, 0) is 24.9 Å². The van der Waals surface area contributed by atoms with Gasteiger partial charge in [0.1, 0.15) is 0 Å². The van der Waals surface area contributed by atoms with Crippen molar-refractivity contribution < 1.29 is 30.0 Å². The molecular formula is C41H56IrNO2SSi-. The Bertz CT molecular complexity index is 1580. The van der Waals surface area contributed by atoms with E-state index in [4.69, 9.17) is 4.98 Å². The molecular weight excluding hydrogens is 791 g/mol. The number of aryl methyl sites for hydroxylation is 3. The number of thiophene rings is 1. The largest absolute Gasteiger partial charge is 0.512 e. The van der Waals surface area contributed by atoms with E-state index in [0.717, 1.165) is 42.5 Å². The van der Waals surface area contributed by atoms with Crippen molar-refractivity contribution in [1.29, 1.82) is 0 Å². The molecule has 2 aromatic heterocycles. The van der Waals surface area contributed by atoms with Crippen LogP contribution in [0.4, 0.5) is 0 Å². The maximum atomic E-state index is 11.7. The number of carbonyl (C=O) groups excluding carboxylic acids is 1. The summed E-state index contributed by atoms with van der Waals surface area (Å²) >= 11 is 1.87. The molecule has 257 valence electrons. The van der Waals surface area contributed by atoms with E-state index in [1.807, 2.05) is 45.2 Å². The average molecular weight is 847 g/mol. The van der Waals surface area contributed by atoms with E-state index >= 15 is 0 Å². The first-order valence-corrected chi connectivity index (χ1v) is 20.9. The molecule has 0 aliphatic heterocycles. The molecule has 4 aromatic rings. The second-order valence-electron chi connectivity index (χ2n) is 12.8. The summed E-state index contributed by atoms with van der Waals surface area (Å²) in [4.78, 5) is 17.8. The topological polar surface area (TPSA) is 50.2 Å². The Morgan fingerprint density at radius 3 is 1.96 bits per heavy atom. The van der Waals surface area contributed by atoms with E-state index in [2.05, 4.69) is 90.1 Å². The number of fused-ring (bicyclic) bond motifs is 1. The van der Waals surface area contributed by atoms with Crippen molar-refractivity contribution in [3.05, 3.63) is 83.3 Å². The van der Waals surface area contributed by atoms with E-state index in [-0.39, 0.29) is 43.5 Å². The quantitative estimate of drug-likeness (QED) is 0.0631. The van der Waals surface area contributed by atoms with Crippen LogP contribution in [0.25, 0.3) is 31.8 Å². The Morgan fingerprint density at radius 2 is 1.45 bits per heavy atom. The minimum Gasteiger partial charge on any atom is -0.512 e. The molecule has 0 atom stereocenters. The summed E-state index contributed by atoms with van der Waals surface area (Å²) in [5, 5.41) is 12.7. The number of nitrogens with zero attached hydrogens (tertiary/aromatic N) is 1. The SMILES string of the molecule is CCC(CC)C(=O)/C=C(\O)C(CC)CC.CC[Si](CC)(CC)c1ccc(-c2sc3c(-c4[c-]c(C)cc(C)c4)nccc3c2C)cc1.[Ir]. The number of benzene rings is 2. The van der Waals surface area contributed by atoms with E-state index in [9.17, 15) is 9.90 Å². The zero-order valence-corrected chi connectivity index (χ0v) is 34.6. The zero-order valence-electron chi connectivity index (χ0n) is 30.3. The smallest absolute Gasteiger partial charge is 0.162 e. The normalized spacial score (nSPS) is 11.9. The van der Waals surface area contributed by atoms with Crippen molar-refractivity contribution in [2.45, 2.75) is 113 Å². The molecule has 0 saturated carbocycles. The molecule has 0 aliphatic rings. The second-order valence-corrected chi connectivity index (χ2v) is 19.0. The number of aliphatic hydroxyl groups is 1. The summed E-state index contributed by atoms with van der Waals surface area (Å²) in [6, 6.07) is 23.5. The van der Waals surface area contributed by atoms with Gasteiger partial charge in [-0.05, 0) is 55.2 Å². The van der Waals surface area contributed by atoms with E-state index < -0.39 is 8.07 Å². The van der Waals surface area contributed by atoms with Gasteiger partial charge in [-0.3, -0.25) is 4.79 Å². The molecule has 4 rings (SSSR count). The average Bonchev–Trinajstić information content (AvgIpc) is 3.39. The molecule has 0 fully saturated rings. The van der Waals surface area contributed by atoms with Crippen LogP contribution in [0.5, 0.6) is 0 Å². The van der Waals surface area contributed by atoms with Crippen LogP contribution in [0.15, 0.2) is 60.5 Å². The van der Waals surface area contributed by atoms with Gasteiger partial charge in [0.15, 0.2) is 5.78 Å². The maximum absolute atomic E-state index is 11.7. The number of ketones is 1. The standard InChI is InChI=1S/C28H32NSSi.C13H24O2.Ir/c1-7-31(8-2,9-3)24-12-10-22(11-13-24)27-21(6)25-14-15-29-26(28(25)30-27)23-17-19(4)16-20(5)18-23;1-5-10(6-2)12(14)9-13(15)11(7-3)8-4;/h10-17H,7-9H2,1-6H3;9-11,14H,5-8H2,1-4H3;/q-1;;/b;12-9-;. The Hall–Kier alpha value is -2.37. The third kappa shape index (κ3) is 9.62. The first kappa shape index (κ1) is 40.8. The molecule has 0 bridgehead atoms. The molecule has 0 amide bonds. The zero-order chi connectivity index (χ0) is 34.0. The number of allylic oxidation sites excluding steroid dienone is 2. The fourth-order valence-corrected chi connectivity index (χ4v) is 11.7. The Labute approximate surface area is 303 Å². The maximum Gasteiger partial charge on any atom is 0.162 e. The predicted molar refractivity (Wildman–Crippen MR) is 204 cm³/mol. The van der Waals surface area contributed by atoms with Gasteiger partial charge in [-0.15, -0.1) is 46.2 Å². The van der Waals surface area contributed by atoms with Crippen LogP contribution in [0.1, 0.15) is 90.8 Å². The van der Waals surface area contributed by atoms with Crippen molar-refractivity contribution >= 4 is 40.5 Å². The molecule has 47 heavy (non-hydrogen) atoms. The van der Waals surface area contributed by atoms with Crippen molar-refractivity contribution in [3.8, 4) is 21.7 Å². The molecule has 0 spiro atoms. The number of aliphatic hydroxyl groups excluding tert-OH is 1. The van der Waals surface area contributed by atoms with Crippen molar-refractivity contribution in [1.82, 2.24) is 4.98 Å². The van der Waals surface area contributed by atoms with E-state index in [1.54, 1.807) is 5.19 Å². The summed E-state index contributed by atoms with van der Waals surface area (Å²) in [5.74, 6) is 0.547. The van der Waals surface area contributed by atoms with Crippen LogP contribution in [-0.4, -0.2) is 23.9 Å². The fourth-order valence-electron chi connectivity index (χ4n) is 6.76. The van der Waals surface area contributed by atoms with Gasteiger partial charge in [0, 0.05) is 59.5 Å². The molecule has 3 nitrogen and oxygen atoms in total. The van der Waals surface area contributed by atoms with E-state index in [1.165, 1.54) is 55.9 Å². The van der Waals surface area contributed by atoms with Crippen LogP contribution in [0.3, 0.4) is 0 Å². The van der Waals surface area contributed by atoms with Gasteiger partial charge in [0.2, 0.25) is 0 Å². The summed E-state index contributed by atoms with van der Waals surface area (Å²) in [6.07, 6.45) is 6.85. The van der Waals surface area contributed by atoms with Gasteiger partial charge in [0.25, 0.3) is 0 Å². The summed E-state index contributed by atoms with van der Waals surface area (Å²) in [6.45, 7) is 21.7. The summed E-state index contributed by atoms with van der Waals surface area (Å²) in [5.41, 5.74) is 7.23. The van der Waals surface area contributed by atoms with Gasteiger partial charge in [-0.1, -0.05) is 110 Å². The van der Waals surface area contributed by atoms with Crippen LogP contribution < -0.4 is 5.19 Å². The number of hydrogen-bond donors (Lipinski definition) is 1. The van der Waals surface area contributed by atoms with Crippen molar-refractivity contribution in [3.63, 3.8) is 0 Å². The monoisotopic (exact) mass is 847 g/mol. The van der Waals surface area contributed by atoms with Gasteiger partial charge in [-0.2, -0.15) is 0 Å². The molecule has 6 heteroatoms. The Balaban J connectivity index is 0.000000410. The number of hydrogen-bond acceptors (Lipinski definition) is 4. The Morgan fingerprint density at radius 1 is 0.872 bits per heavy atom. The fraction of sp³-hybridized carbons (Fsp3) is 0.463. The predicted octanol–water partition coefficient (Wildman–Crippen LogP) is 11.9. The summed E-state index contributed by atoms with van der Waals surface area (Å²) < 4.78 is 1.26. The van der Waals surface area contributed by atoms with E-state index in [0.29, 0.717) is 0 Å². The van der Waals surface area contributed by atoms with Crippen LogP contribution in [0.2, 0.25) is 18.1 Å². The van der Waals surface area contributed by atoms with Gasteiger partial charge < -0.3 is 10.1 Å². The first-order valence-electron chi connectivity index (χ1n) is 17.5. The third-order valence-electron chi connectivity index (χ3n) is 10.1. The van der Waals surface area contributed by atoms with Crippen LogP contribution in [0, 0.1) is 38.7 Å². The number of pyridine rings is 1. The molecule has 1 radical (unpaired) electrons. The van der Waals surface area contributed by atoms with Crippen molar-refractivity contribution in [2.24, 2.45) is 11.8 Å². The summed E-state index contributed by atoms with van der Waals surface area (Å²) in [7, 11) is -1.34. The van der Waals surface area contributed by atoms with Crippen molar-refractivity contribution in [2.75, 3.05) is 0 Å². The Kier molecular flexibility index (Phi) is 16.5. The third-order valence-corrected chi connectivity index (χ3v) is 17.1. The van der Waals surface area contributed by atoms with Gasteiger partial charge in [-0.25, -0.2) is 0 Å². The van der Waals surface area contributed by atoms with Crippen LogP contribution >= 0.6 is 11.3 Å². The molecule has 0 unspecified atom stereocenters. The number of carbonyl (C=O) groups is 1. The minimum absolute atomic E-state index is 0. The second kappa shape index (κ2) is 19.0. The molecule has 2 aromatic carbocycles. The number of aromatic nitrogens is 1. The minimum atomic E-state index is -1.34. The molecule has 2 heterocycles.